The fourth-order valence-electron chi connectivity index (χ4n) is 2.85. The van der Waals surface area contributed by atoms with E-state index in [4.69, 9.17) is 4.74 Å². The molecule has 3 aromatic rings. The smallest absolute Gasteiger partial charge is 0.119 e. The molecule has 0 amide bonds. The van der Waals surface area contributed by atoms with E-state index in [0.717, 1.165) is 12.2 Å². The van der Waals surface area contributed by atoms with E-state index in [9.17, 15) is 0 Å². The Morgan fingerprint density at radius 2 is 1.68 bits per heavy atom. The molecule has 1 nitrogen and oxygen atoms in total. The summed E-state index contributed by atoms with van der Waals surface area (Å²) in [7, 11) is 1.71. The van der Waals surface area contributed by atoms with Gasteiger partial charge in [-0.3, -0.25) is 0 Å². The van der Waals surface area contributed by atoms with Gasteiger partial charge in [0.05, 0.1) is 7.11 Å². The van der Waals surface area contributed by atoms with Crippen LogP contribution in [0.2, 0.25) is 0 Å². The summed E-state index contributed by atoms with van der Waals surface area (Å²) in [6.45, 7) is 4.46. The highest BCUT2D eigenvalue weighted by atomic mass is 16.5. The molecule has 0 radical (unpaired) electrons. The molecular formula is C21H22O. The standard InChI is InChI=1S/C21H22O/c1-15(2)17-9-7-16(8-10-17)13-18-5-4-6-19-14-20(22-3)11-12-21(18)19/h4-12,14-15H,13H2,1-3H3. The van der Waals surface area contributed by atoms with E-state index in [2.05, 4.69) is 68.4 Å². The predicted molar refractivity (Wildman–Crippen MR) is 93.8 cm³/mol. The molecule has 0 heterocycles. The second kappa shape index (κ2) is 6.23. The molecule has 0 unspecified atom stereocenters. The second-order valence-corrected chi connectivity index (χ2v) is 6.08. The van der Waals surface area contributed by atoms with Crippen LogP contribution in [0.4, 0.5) is 0 Å². The van der Waals surface area contributed by atoms with Crippen LogP contribution in [0.5, 0.6) is 5.75 Å². The Morgan fingerprint density at radius 3 is 2.36 bits per heavy atom. The molecule has 0 aliphatic rings. The van der Waals surface area contributed by atoms with Crippen LogP contribution in [-0.4, -0.2) is 7.11 Å². The van der Waals surface area contributed by atoms with Gasteiger partial charge in [-0.05, 0) is 51.9 Å². The van der Waals surface area contributed by atoms with Gasteiger partial charge in [0.15, 0.2) is 0 Å². The van der Waals surface area contributed by atoms with Crippen molar-refractivity contribution in [3.05, 3.63) is 77.4 Å². The molecule has 0 saturated heterocycles. The lowest BCUT2D eigenvalue weighted by Crippen LogP contribution is -1.92. The van der Waals surface area contributed by atoms with Gasteiger partial charge in [-0.2, -0.15) is 0 Å². The summed E-state index contributed by atoms with van der Waals surface area (Å²) in [4.78, 5) is 0. The van der Waals surface area contributed by atoms with E-state index in [1.54, 1.807) is 7.11 Å². The lowest BCUT2D eigenvalue weighted by atomic mass is 9.96. The van der Waals surface area contributed by atoms with Gasteiger partial charge in [0.25, 0.3) is 0 Å². The molecule has 0 aromatic heterocycles. The molecule has 0 saturated carbocycles. The van der Waals surface area contributed by atoms with Crippen molar-refractivity contribution >= 4 is 10.8 Å². The number of methoxy groups -OCH3 is 1. The number of fused-ring (bicyclic) bond motifs is 1. The van der Waals surface area contributed by atoms with Crippen LogP contribution in [0.15, 0.2) is 60.7 Å². The fourth-order valence-corrected chi connectivity index (χ4v) is 2.85. The number of hydrogen-bond donors (Lipinski definition) is 0. The molecule has 22 heavy (non-hydrogen) atoms. The molecule has 0 aliphatic heterocycles. The molecule has 0 atom stereocenters. The quantitative estimate of drug-likeness (QED) is 0.611. The first-order chi connectivity index (χ1) is 10.7. The average molecular weight is 290 g/mol. The summed E-state index contributed by atoms with van der Waals surface area (Å²) in [5, 5.41) is 2.53. The first-order valence-electron chi connectivity index (χ1n) is 7.82. The summed E-state index contributed by atoms with van der Waals surface area (Å²) in [6.07, 6.45) is 0.960. The maximum absolute atomic E-state index is 5.32. The Morgan fingerprint density at radius 1 is 0.909 bits per heavy atom. The van der Waals surface area contributed by atoms with Crippen LogP contribution in [0.1, 0.15) is 36.5 Å². The zero-order valence-electron chi connectivity index (χ0n) is 13.5. The maximum atomic E-state index is 5.32. The lowest BCUT2D eigenvalue weighted by Gasteiger charge is -2.10. The van der Waals surface area contributed by atoms with Gasteiger partial charge in [-0.15, -0.1) is 0 Å². The zero-order chi connectivity index (χ0) is 15.5. The lowest BCUT2D eigenvalue weighted by molar-refractivity contribution is 0.415. The highest BCUT2D eigenvalue weighted by Gasteiger charge is 2.05. The Kier molecular flexibility index (Phi) is 4.15. The molecule has 0 aliphatic carbocycles. The maximum Gasteiger partial charge on any atom is 0.119 e. The minimum atomic E-state index is 0.582. The highest BCUT2D eigenvalue weighted by molar-refractivity contribution is 5.87. The first kappa shape index (κ1) is 14.6. The summed E-state index contributed by atoms with van der Waals surface area (Å²) in [5.74, 6) is 1.49. The van der Waals surface area contributed by atoms with Crippen LogP contribution >= 0.6 is 0 Å². The highest BCUT2D eigenvalue weighted by Crippen LogP contribution is 2.26. The molecule has 3 aromatic carbocycles. The molecule has 0 fully saturated rings. The van der Waals surface area contributed by atoms with Crippen molar-refractivity contribution < 1.29 is 4.74 Å². The largest absolute Gasteiger partial charge is 0.497 e. The number of hydrogen-bond acceptors (Lipinski definition) is 1. The fraction of sp³-hybridized carbons (Fsp3) is 0.238. The minimum Gasteiger partial charge on any atom is -0.497 e. The van der Waals surface area contributed by atoms with E-state index in [0.29, 0.717) is 5.92 Å². The van der Waals surface area contributed by atoms with Gasteiger partial charge in [0, 0.05) is 0 Å². The number of ether oxygens (including phenoxy) is 1. The predicted octanol–water partition coefficient (Wildman–Crippen LogP) is 5.56. The van der Waals surface area contributed by atoms with Crippen molar-refractivity contribution in [3.8, 4) is 5.75 Å². The average Bonchev–Trinajstić information content (AvgIpc) is 2.55. The van der Waals surface area contributed by atoms with Crippen molar-refractivity contribution in [3.63, 3.8) is 0 Å². The molecule has 0 bridgehead atoms. The van der Waals surface area contributed by atoms with Crippen molar-refractivity contribution in [1.29, 1.82) is 0 Å². The summed E-state index contributed by atoms with van der Waals surface area (Å²) < 4.78 is 5.32. The van der Waals surface area contributed by atoms with Crippen LogP contribution < -0.4 is 4.74 Å². The van der Waals surface area contributed by atoms with Crippen LogP contribution in [0.3, 0.4) is 0 Å². The second-order valence-electron chi connectivity index (χ2n) is 6.08. The van der Waals surface area contributed by atoms with Gasteiger partial charge in [0.2, 0.25) is 0 Å². The van der Waals surface area contributed by atoms with Gasteiger partial charge >= 0.3 is 0 Å². The Hall–Kier alpha value is -2.28. The molecule has 112 valence electrons. The van der Waals surface area contributed by atoms with Gasteiger partial charge < -0.3 is 4.74 Å². The molecule has 0 N–H and O–H groups in total. The Bertz CT molecular complexity index is 770. The molecule has 0 spiro atoms. The van der Waals surface area contributed by atoms with Crippen molar-refractivity contribution in [2.45, 2.75) is 26.2 Å². The Balaban J connectivity index is 1.93. The van der Waals surface area contributed by atoms with E-state index in [-0.39, 0.29) is 0 Å². The zero-order valence-corrected chi connectivity index (χ0v) is 13.5. The SMILES string of the molecule is COc1ccc2c(Cc3ccc(C(C)C)cc3)cccc2c1. The van der Waals surface area contributed by atoms with Gasteiger partial charge in [0.1, 0.15) is 5.75 Å². The van der Waals surface area contributed by atoms with Crippen LogP contribution in [0.25, 0.3) is 10.8 Å². The third-order valence-electron chi connectivity index (χ3n) is 4.22. The van der Waals surface area contributed by atoms with Gasteiger partial charge in [-0.25, -0.2) is 0 Å². The summed E-state index contributed by atoms with van der Waals surface area (Å²) in [6, 6.07) is 21.8. The third-order valence-corrected chi connectivity index (χ3v) is 4.22. The third kappa shape index (κ3) is 2.99. The van der Waals surface area contributed by atoms with E-state index in [1.807, 2.05) is 6.07 Å². The van der Waals surface area contributed by atoms with Gasteiger partial charge in [-0.1, -0.05) is 62.4 Å². The summed E-state index contributed by atoms with van der Waals surface area (Å²) in [5.41, 5.74) is 4.11. The normalized spacial score (nSPS) is 11.1. The molecular weight excluding hydrogens is 268 g/mol. The minimum absolute atomic E-state index is 0.582. The van der Waals surface area contributed by atoms with Crippen LogP contribution in [0, 0.1) is 0 Å². The van der Waals surface area contributed by atoms with E-state index < -0.39 is 0 Å². The van der Waals surface area contributed by atoms with E-state index >= 15 is 0 Å². The van der Waals surface area contributed by atoms with Crippen molar-refractivity contribution in [2.24, 2.45) is 0 Å². The number of rotatable bonds is 4. The number of benzene rings is 3. The molecule has 1 heteroatoms. The topological polar surface area (TPSA) is 9.23 Å². The Labute approximate surface area is 132 Å². The first-order valence-corrected chi connectivity index (χ1v) is 7.82. The summed E-state index contributed by atoms with van der Waals surface area (Å²) >= 11 is 0. The monoisotopic (exact) mass is 290 g/mol. The van der Waals surface area contributed by atoms with E-state index in [1.165, 1.54) is 27.5 Å². The molecule has 3 rings (SSSR count). The van der Waals surface area contributed by atoms with Crippen LogP contribution in [-0.2, 0) is 6.42 Å². The van der Waals surface area contributed by atoms with Crippen molar-refractivity contribution in [2.75, 3.05) is 7.11 Å². The van der Waals surface area contributed by atoms with Crippen molar-refractivity contribution in [1.82, 2.24) is 0 Å².